The normalized spacial score (nSPS) is 15.8. The summed E-state index contributed by atoms with van der Waals surface area (Å²) in [7, 11) is 5.14. The Morgan fingerprint density at radius 3 is 2.58 bits per heavy atom. The predicted molar refractivity (Wildman–Crippen MR) is 145 cm³/mol. The molecule has 0 amide bonds. The first kappa shape index (κ1) is 29.2. The summed E-state index contributed by atoms with van der Waals surface area (Å²) in [4.78, 5) is 20.5. The number of halogens is 4. The summed E-state index contributed by atoms with van der Waals surface area (Å²) in [5.74, 6) is 1.32. The van der Waals surface area contributed by atoms with Crippen LogP contribution in [0.2, 0.25) is 0 Å². The molecule has 1 fully saturated rings. The van der Waals surface area contributed by atoms with E-state index in [1.165, 1.54) is 7.11 Å². The number of hydrogen-bond donors (Lipinski definition) is 1. The highest BCUT2D eigenvalue weighted by atomic mass is 19.2. The number of nitrogens with zero attached hydrogens (tertiary/aromatic N) is 3. The molecule has 1 N–H and O–H groups in total. The van der Waals surface area contributed by atoms with E-state index in [0.717, 1.165) is 6.07 Å². The molecule has 0 saturated carbocycles. The first-order chi connectivity index (χ1) is 19.0. The zero-order valence-corrected chi connectivity index (χ0v) is 22.6. The molecule has 212 valence electrons. The second-order valence-electron chi connectivity index (χ2n) is 10.3. The smallest absolute Gasteiger partial charge is 0.309 e. The van der Waals surface area contributed by atoms with Gasteiger partial charge in [0.15, 0.2) is 11.6 Å². The number of piperidine rings is 1. The van der Waals surface area contributed by atoms with Crippen molar-refractivity contribution in [2.24, 2.45) is 5.41 Å². The van der Waals surface area contributed by atoms with Gasteiger partial charge in [-0.15, -0.1) is 0 Å². The summed E-state index contributed by atoms with van der Waals surface area (Å²) < 4.78 is 62.0. The van der Waals surface area contributed by atoms with Crippen LogP contribution in [0.3, 0.4) is 0 Å². The van der Waals surface area contributed by atoms with E-state index in [1.807, 2.05) is 4.90 Å². The molecule has 4 rings (SSSR count). The second kappa shape index (κ2) is 12.1. The molecule has 1 aliphatic heterocycles. The second-order valence-corrected chi connectivity index (χ2v) is 10.3. The van der Waals surface area contributed by atoms with Crippen LogP contribution in [0.1, 0.15) is 43.0 Å². The Bertz CT molecular complexity index is 1460. The van der Waals surface area contributed by atoms with Crippen molar-refractivity contribution in [1.29, 1.82) is 0 Å². The van der Waals surface area contributed by atoms with E-state index in [4.69, 9.17) is 4.74 Å². The summed E-state index contributed by atoms with van der Waals surface area (Å²) in [6, 6.07) is 6.54. The number of carboxylic acid groups (broad SMARTS) is 1. The van der Waals surface area contributed by atoms with E-state index in [2.05, 4.69) is 16.8 Å². The predicted octanol–water partition coefficient (Wildman–Crippen LogP) is 5.74. The number of aliphatic carboxylic acids is 1. The van der Waals surface area contributed by atoms with Crippen molar-refractivity contribution in [3.8, 4) is 17.6 Å². The molecule has 6 nitrogen and oxygen atoms in total. The van der Waals surface area contributed by atoms with Crippen LogP contribution in [0, 0.1) is 34.7 Å². The third kappa shape index (κ3) is 6.15. The highest BCUT2D eigenvalue weighted by Gasteiger charge is 2.41. The van der Waals surface area contributed by atoms with Crippen molar-refractivity contribution in [3.63, 3.8) is 0 Å². The van der Waals surface area contributed by atoms with Gasteiger partial charge in [-0.3, -0.25) is 14.7 Å². The van der Waals surface area contributed by atoms with Crippen LogP contribution in [-0.4, -0.2) is 61.8 Å². The zero-order chi connectivity index (χ0) is 29.0. The van der Waals surface area contributed by atoms with Crippen molar-refractivity contribution in [1.82, 2.24) is 9.88 Å². The monoisotopic (exact) mass is 557 g/mol. The summed E-state index contributed by atoms with van der Waals surface area (Å²) in [6.07, 6.45) is 0.894. The molecule has 1 saturated heterocycles. The van der Waals surface area contributed by atoms with Gasteiger partial charge in [-0.25, -0.2) is 17.6 Å². The minimum atomic E-state index is -1.43. The van der Waals surface area contributed by atoms with Gasteiger partial charge in [0.25, 0.3) is 0 Å². The van der Waals surface area contributed by atoms with Crippen molar-refractivity contribution in [2.75, 3.05) is 45.7 Å². The number of aromatic nitrogens is 1. The molecule has 0 radical (unpaired) electrons. The lowest BCUT2D eigenvalue weighted by atomic mass is 9.74. The highest BCUT2D eigenvalue weighted by Crippen LogP contribution is 2.43. The highest BCUT2D eigenvalue weighted by molar-refractivity contribution is 5.88. The SMILES string of the molecule is COc1ccc2ncc(N(C)C)c([C@@H](F)CCC3(C(=O)O)CCN(CC#Cc4cc(F)cc(F)c4F)CC3)c2c1. The number of fused-ring (bicyclic) bond motifs is 1. The molecule has 10 heteroatoms. The lowest BCUT2D eigenvalue weighted by Gasteiger charge is -2.38. The summed E-state index contributed by atoms with van der Waals surface area (Å²) in [5, 5.41) is 10.7. The Hall–Kier alpha value is -3.84. The van der Waals surface area contributed by atoms with Gasteiger partial charge in [0.05, 0.1) is 42.0 Å². The Kier molecular flexibility index (Phi) is 8.84. The maximum absolute atomic E-state index is 16.0. The van der Waals surface area contributed by atoms with Crippen molar-refractivity contribution >= 4 is 22.6 Å². The molecular weight excluding hydrogens is 526 g/mol. The lowest BCUT2D eigenvalue weighted by Crippen LogP contribution is -2.44. The maximum Gasteiger partial charge on any atom is 0.309 e. The van der Waals surface area contributed by atoms with Crippen LogP contribution in [0.25, 0.3) is 10.9 Å². The number of anilines is 1. The van der Waals surface area contributed by atoms with Gasteiger partial charge >= 0.3 is 5.97 Å². The standard InChI is InChI=1S/C30H31F4N3O3/c1-36(2)26-18-35-25-7-6-21(40-3)17-22(25)27(26)23(32)8-9-30(29(38)39)10-13-37(14-11-30)12-4-5-19-15-20(31)16-24(33)28(19)34/h6-7,15-18,23H,8-14H2,1-3H3,(H,38,39)/t23-/m0/s1. The molecule has 1 aromatic heterocycles. The van der Waals surface area contributed by atoms with Crippen LogP contribution in [-0.2, 0) is 4.79 Å². The number of likely N-dealkylation sites (tertiary alicyclic amines) is 1. The van der Waals surface area contributed by atoms with Gasteiger partial charge in [0.1, 0.15) is 17.7 Å². The molecule has 40 heavy (non-hydrogen) atoms. The Morgan fingerprint density at radius 1 is 1.20 bits per heavy atom. The van der Waals surface area contributed by atoms with Crippen LogP contribution < -0.4 is 9.64 Å². The molecule has 3 aromatic rings. The number of benzene rings is 2. The van der Waals surface area contributed by atoms with Gasteiger partial charge in [-0.2, -0.15) is 0 Å². The summed E-state index contributed by atoms with van der Waals surface area (Å²) in [5.41, 5.74) is 0.197. The van der Waals surface area contributed by atoms with E-state index in [0.29, 0.717) is 47.1 Å². The maximum atomic E-state index is 16.0. The van der Waals surface area contributed by atoms with Crippen molar-refractivity contribution < 1.29 is 32.2 Å². The minimum absolute atomic E-state index is 0.00762. The molecule has 2 aromatic carbocycles. The molecule has 2 heterocycles. The van der Waals surface area contributed by atoms with Gasteiger partial charge in [-0.05, 0) is 49.9 Å². The third-order valence-electron chi connectivity index (χ3n) is 7.55. The summed E-state index contributed by atoms with van der Waals surface area (Å²) >= 11 is 0. The molecular formula is C30H31F4N3O3. The van der Waals surface area contributed by atoms with E-state index in [1.54, 1.807) is 43.4 Å². The molecule has 0 bridgehead atoms. The molecule has 1 aliphatic rings. The van der Waals surface area contributed by atoms with Crippen LogP contribution in [0.15, 0.2) is 36.5 Å². The topological polar surface area (TPSA) is 65.9 Å². The quantitative estimate of drug-likeness (QED) is 0.217. The number of rotatable bonds is 8. The Labute approximate surface area is 230 Å². The largest absolute Gasteiger partial charge is 0.497 e. The number of carbonyl (C=O) groups is 1. The van der Waals surface area contributed by atoms with Crippen LogP contribution in [0.5, 0.6) is 5.75 Å². The fraction of sp³-hybridized carbons (Fsp3) is 0.400. The minimum Gasteiger partial charge on any atom is -0.497 e. The molecule has 0 aliphatic carbocycles. The van der Waals surface area contributed by atoms with Gasteiger partial charge in [0.2, 0.25) is 0 Å². The van der Waals surface area contributed by atoms with Crippen LogP contribution in [0.4, 0.5) is 23.2 Å². The van der Waals surface area contributed by atoms with Crippen LogP contribution >= 0.6 is 0 Å². The number of methoxy groups -OCH3 is 1. The third-order valence-corrected chi connectivity index (χ3v) is 7.55. The number of alkyl halides is 1. The summed E-state index contributed by atoms with van der Waals surface area (Å²) in [6.45, 7) is 0.947. The lowest BCUT2D eigenvalue weighted by molar-refractivity contribution is -0.152. The van der Waals surface area contributed by atoms with Gasteiger partial charge < -0.3 is 14.7 Å². The Morgan fingerprint density at radius 2 is 1.93 bits per heavy atom. The van der Waals surface area contributed by atoms with Gasteiger partial charge in [0, 0.05) is 44.2 Å². The number of ether oxygens (including phenoxy) is 1. The number of hydrogen-bond acceptors (Lipinski definition) is 5. The van der Waals surface area contributed by atoms with Crippen molar-refractivity contribution in [2.45, 2.75) is 31.9 Å². The molecule has 0 unspecified atom stereocenters. The van der Waals surface area contributed by atoms with Crippen molar-refractivity contribution in [3.05, 3.63) is 65.1 Å². The zero-order valence-electron chi connectivity index (χ0n) is 22.6. The van der Waals surface area contributed by atoms with E-state index < -0.39 is 35.0 Å². The average Bonchev–Trinajstić information content (AvgIpc) is 2.93. The fourth-order valence-corrected chi connectivity index (χ4v) is 5.15. The molecule has 0 spiro atoms. The fourth-order valence-electron chi connectivity index (χ4n) is 5.15. The van der Waals surface area contributed by atoms with E-state index in [-0.39, 0.29) is 37.8 Å². The average molecular weight is 558 g/mol. The van der Waals surface area contributed by atoms with Gasteiger partial charge in [-0.1, -0.05) is 11.8 Å². The number of pyridine rings is 1. The first-order valence-corrected chi connectivity index (χ1v) is 12.9. The Balaban J connectivity index is 1.46. The number of carboxylic acids is 1. The first-order valence-electron chi connectivity index (χ1n) is 12.9. The van der Waals surface area contributed by atoms with E-state index in [9.17, 15) is 23.1 Å². The van der Waals surface area contributed by atoms with E-state index >= 15 is 4.39 Å². The molecule has 1 atom stereocenters.